The van der Waals surface area contributed by atoms with Crippen LogP contribution >= 0.6 is 0 Å². The van der Waals surface area contributed by atoms with Gasteiger partial charge in [-0.25, -0.2) is 9.59 Å². The molecule has 2 unspecified atom stereocenters. The third kappa shape index (κ3) is 15.3. The van der Waals surface area contributed by atoms with Crippen molar-refractivity contribution in [3.63, 3.8) is 0 Å². The quantitative estimate of drug-likeness (QED) is 0.00801. The second-order valence-electron chi connectivity index (χ2n) is 22.3. The standard InChI is InChI=1S/C72H64N6O16/c1-45(43-89-3)91-65(79)19-11-13-21-67(81)93-73-69(49-23-35-61-57(39-49)59-41-51(71(83)47-15-7-5-8-16-47)25-37-63(59)75(61)53-27-31-55(32-28-53)77(85)86)70(74-94-68(82)22-14-12-20-66(80)92-46(2)44-90-4)50-24-36-62-58(40-50)60-42-52(72(84)48-17-9-6-10-18-48)26-38-64(60)76(62)54-29-33-56(34-30-54)78(87)88/h5-10,15-18,23-42,45-46H,11-14,19-22,43-44H2,1-4H3/b73-69+,74-70+. The van der Waals surface area contributed by atoms with E-state index in [-0.39, 0.29) is 110 Å². The summed E-state index contributed by atoms with van der Waals surface area (Å²) in [6.45, 7) is 3.80. The maximum atomic E-state index is 14.2. The number of nitrogens with zero attached hydrogens (tertiary/aromatic N) is 6. The average molecular weight is 1270 g/mol. The third-order valence-corrected chi connectivity index (χ3v) is 15.5. The van der Waals surface area contributed by atoms with Crippen molar-refractivity contribution in [3.05, 3.63) is 236 Å². The SMILES string of the molecule is COCC(C)OC(=O)CCCCC(=O)O/N=C(/C(=N/OC(=O)CCCCC(=O)OC(C)COC)c1ccc2c(c1)c1cc(C(=O)c3ccccc3)ccc1n2-c1ccc([N+](=O)[O-])cc1)c1ccc2c(c1)c1cc(C(=O)c3ccccc3)ccc1n2-c1ccc([N+](=O)[O-])cc1. The zero-order valence-electron chi connectivity index (χ0n) is 51.8. The van der Waals surface area contributed by atoms with Gasteiger partial charge < -0.3 is 37.8 Å². The highest BCUT2D eigenvalue weighted by molar-refractivity contribution is 6.54. The number of non-ortho nitro benzene ring substituents is 2. The van der Waals surface area contributed by atoms with Crippen molar-refractivity contribution >= 4 is 102 Å². The predicted molar refractivity (Wildman–Crippen MR) is 352 cm³/mol. The van der Waals surface area contributed by atoms with E-state index in [1.54, 1.807) is 172 Å². The highest BCUT2D eigenvalue weighted by Gasteiger charge is 2.26. The number of ketones is 2. The largest absolute Gasteiger partial charge is 0.460 e. The van der Waals surface area contributed by atoms with E-state index in [0.29, 0.717) is 77.2 Å². The van der Waals surface area contributed by atoms with E-state index in [2.05, 4.69) is 10.3 Å². The van der Waals surface area contributed by atoms with E-state index in [1.165, 1.54) is 38.5 Å². The number of aromatic nitrogens is 2. The molecule has 0 spiro atoms. The van der Waals surface area contributed by atoms with Gasteiger partial charge in [0.05, 0.1) is 45.1 Å². The molecule has 94 heavy (non-hydrogen) atoms. The maximum Gasteiger partial charge on any atom is 0.335 e. The van der Waals surface area contributed by atoms with Crippen molar-refractivity contribution < 1.29 is 67.2 Å². The molecule has 0 saturated heterocycles. The summed E-state index contributed by atoms with van der Waals surface area (Å²) in [6, 6.07) is 50.2. The fraction of sp³-hybridized carbons (Fsp3) is 0.222. The average Bonchev–Trinajstić information content (AvgIpc) is 1.59. The Morgan fingerprint density at radius 2 is 0.713 bits per heavy atom. The molecule has 0 aliphatic rings. The number of carbonyl (C=O) groups is 6. The topological polar surface area (TPSA) is 279 Å². The van der Waals surface area contributed by atoms with Crippen molar-refractivity contribution in [1.29, 1.82) is 0 Å². The number of unbranched alkanes of at least 4 members (excludes halogenated alkanes) is 2. The Balaban J connectivity index is 1.15. The second-order valence-corrected chi connectivity index (χ2v) is 22.3. The number of esters is 2. The van der Waals surface area contributed by atoms with Crippen LogP contribution in [0.5, 0.6) is 0 Å². The lowest BCUT2D eigenvalue weighted by molar-refractivity contribution is -0.385. The van der Waals surface area contributed by atoms with Crippen molar-refractivity contribution in [2.45, 2.75) is 77.4 Å². The van der Waals surface area contributed by atoms with Crippen molar-refractivity contribution in [3.8, 4) is 11.4 Å². The lowest BCUT2D eigenvalue weighted by atomic mass is 9.96. The van der Waals surface area contributed by atoms with Crippen molar-refractivity contribution in [2.75, 3.05) is 27.4 Å². The van der Waals surface area contributed by atoms with E-state index >= 15 is 0 Å². The molecule has 0 radical (unpaired) electrons. The number of nitro benzene ring substituents is 2. The summed E-state index contributed by atoms with van der Waals surface area (Å²) in [5, 5.41) is 35.0. The molecule has 2 aromatic heterocycles. The van der Waals surface area contributed by atoms with E-state index in [0.717, 1.165) is 0 Å². The number of ether oxygens (including phenoxy) is 4. The van der Waals surface area contributed by atoms with Gasteiger partial charge in [-0.1, -0.05) is 83.1 Å². The fourth-order valence-electron chi connectivity index (χ4n) is 11.1. The van der Waals surface area contributed by atoms with Crippen LogP contribution in [-0.4, -0.2) is 105 Å². The molecule has 0 saturated carbocycles. The molecule has 2 heterocycles. The third-order valence-electron chi connectivity index (χ3n) is 15.5. The number of hydrogen-bond acceptors (Lipinski definition) is 18. The molecule has 0 fully saturated rings. The summed E-state index contributed by atoms with van der Waals surface area (Å²) >= 11 is 0. The van der Waals surface area contributed by atoms with Gasteiger partial charge in [-0.2, -0.15) is 0 Å². The van der Waals surface area contributed by atoms with E-state index in [1.807, 2.05) is 9.13 Å². The Bertz CT molecular complexity index is 4290. The minimum atomic E-state index is -0.803. The van der Waals surface area contributed by atoms with Gasteiger partial charge in [0.2, 0.25) is 0 Å². The first-order valence-electron chi connectivity index (χ1n) is 30.3. The van der Waals surface area contributed by atoms with E-state index in [4.69, 9.17) is 28.6 Å². The Morgan fingerprint density at radius 3 is 1.03 bits per heavy atom. The van der Waals surface area contributed by atoms with E-state index < -0.39 is 45.9 Å². The summed E-state index contributed by atoms with van der Waals surface area (Å²) in [6.07, 6.45) is -0.432. The second kappa shape index (κ2) is 30.2. The Kier molecular flexibility index (Phi) is 21.1. The number of fused-ring (bicyclic) bond motifs is 6. The predicted octanol–water partition coefficient (Wildman–Crippen LogP) is 13.6. The van der Waals surface area contributed by atoms with E-state index in [9.17, 15) is 49.0 Å². The number of methoxy groups -OCH3 is 2. The normalized spacial score (nSPS) is 12.4. The molecular weight excluding hydrogens is 1200 g/mol. The van der Waals surface area contributed by atoms with Crippen LogP contribution in [0.25, 0.3) is 55.0 Å². The van der Waals surface area contributed by atoms with Crippen LogP contribution < -0.4 is 0 Å². The molecule has 22 nitrogen and oxygen atoms in total. The lowest BCUT2D eigenvalue weighted by Crippen LogP contribution is -2.20. The number of oxime groups is 2. The first kappa shape index (κ1) is 65.6. The molecule has 10 aromatic rings. The first-order chi connectivity index (χ1) is 45.5. The molecule has 10 rings (SSSR count). The molecule has 0 aliphatic heterocycles. The molecular formula is C72H64N6O16. The smallest absolute Gasteiger partial charge is 0.335 e. The maximum absolute atomic E-state index is 14.2. The Labute approximate surface area is 538 Å². The highest BCUT2D eigenvalue weighted by atomic mass is 16.7. The summed E-state index contributed by atoms with van der Waals surface area (Å²) in [5.74, 6) is -3.09. The highest BCUT2D eigenvalue weighted by Crippen LogP contribution is 2.38. The summed E-state index contributed by atoms with van der Waals surface area (Å²) in [7, 11) is 2.99. The summed E-state index contributed by atoms with van der Waals surface area (Å²) < 4.78 is 24.7. The van der Waals surface area contributed by atoms with Gasteiger partial charge >= 0.3 is 23.9 Å². The monoisotopic (exact) mass is 1270 g/mol. The summed E-state index contributed by atoms with van der Waals surface area (Å²) in [5.41, 5.74) is 4.95. The minimum absolute atomic E-state index is 0.00679. The zero-order valence-corrected chi connectivity index (χ0v) is 51.8. The van der Waals surface area contributed by atoms with Gasteiger partial charge in [0.15, 0.2) is 11.6 Å². The molecule has 0 aliphatic carbocycles. The molecule has 478 valence electrons. The van der Waals surface area contributed by atoms with Gasteiger partial charge in [-0.3, -0.25) is 39.4 Å². The fourth-order valence-corrected chi connectivity index (χ4v) is 11.1. The molecule has 0 N–H and O–H groups in total. The van der Waals surface area contributed by atoms with Crippen LogP contribution in [0.2, 0.25) is 0 Å². The van der Waals surface area contributed by atoms with Gasteiger partial charge in [0.25, 0.3) is 11.4 Å². The van der Waals surface area contributed by atoms with Gasteiger partial charge in [-0.05, 0) is 124 Å². The van der Waals surface area contributed by atoms with Crippen molar-refractivity contribution in [1.82, 2.24) is 9.13 Å². The van der Waals surface area contributed by atoms with Gasteiger partial charge in [0, 0.05) is 130 Å². The number of rotatable bonds is 29. The number of hydrogen-bond donors (Lipinski definition) is 0. The van der Waals surface area contributed by atoms with Gasteiger partial charge in [-0.15, -0.1) is 0 Å². The van der Waals surface area contributed by atoms with Crippen LogP contribution in [0, 0.1) is 20.2 Å². The van der Waals surface area contributed by atoms with Crippen LogP contribution in [0.1, 0.15) is 108 Å². The molecule has 2 atom stereocenters. The lowest BCUT2D eigenvalue weighted by Gasteiger charge is -2.13. The molecule has 0 bridgehead atoms. The molecule has 0 amide bonds. The molecule has 22 heteroatoms. The number of benzene rings is 8. The van der Waals surface area contributed by atoms with Crippen LogP contribution in [0.3, 0.4) is 0 Å². The minimum Gasteiger partial charge on any atom is -0.460 e. The number of carbonyl (C=O) groups excluding carboxylic acids is 6. The molecule has 8 aromatic carbocycles. The summed E-state index contributed by atoms with van der Waals surface area (Å²) in [4.78, 5) is 116. The van der Waals surface area contributed by atoms with Crippen LogP contribution in [-0.2, 0) is 47.8 Å². The zero-order chi connectivity index (χ0) is 66.4. The first-order valence-corrected chi connectivity index (χ1v) is 30.3. The number of nitro groups is 2. The van der Waals surface area contributed by atoms with Gasteiger partial charge in [0.1, 0.15) is 23.6 Å². The van der Waals surface area contributed by atoms with Crippen molar-refractivity contribution in [2.24, 2.45) is 10.3 Å². The Morgan fingerprint density at radius 1 is 0.404 bits per heavy atom. The Hall–Kier alpha value is -11.4. The van der Waals surface area contributed by atoms with Crippen LogP contribution in [0.4, 0.5) is 11.4 Å². The van der Waals surface area contributed by atoms with Crippen LogP contribution in [0.15, 0.2) is 192 Å².